The molecule has 0 radical (unpaired) electrons. The second-order valence-corrected chi connectivity index (χ2v) is 6.43. The van der Waals surface area contributed by atoms with Gasteiger partial charge in [0.1, 0.15) is 5.60 Å². The molecule has 0 aliphatic carbocycles. The third kappa shape index (κ3) is 2.32. The van der Waals surface area contributed by atoms with Gasteiger partial charge in [0.2, 0.25) is 0 Å². The van der Waals surface area contributed by atoms with Crippen LogP contribution in [0.4, 0.5) is 5.13 Å². The quantitative estimate of drug-likeness (QED) is 0.909. The number of hydrogen-bond acceptors (Lipinski definition) is 5. The Labute approximate surface area is 122 Å². The van der Waals surface area contributed by atoms with Crippen LogP contribution < -0.4 is 5.73 Å². The van der Waals surface area contributed by atoms with Crippen LogP contribution in [0.25, 0.3) is 0 Å². The van der Waals surface area contributed by atoms with Crippen molar-refractivity contribution in [2.45, 2.75) is 31.5 Å². The van der Waals surface area contributed by atoms with E-state index in [4.69, 9.17) is 5.73 Å². The molecule has 4 nitrogen and oxygen atoms in total. The minimum absolute atomic E-state index is 0.0579. The first kappa shape index (κ1) is 13.5. The molecule has 1 aliphatic heterocycles. The van der Waals surface area contributed by atoms with Crippen LogP contribution in [-0.4, -0.2) is 27.6 Å². The van der Waals surface area contributed by atoms with E-state index in [1.807, 2.05) is 18.2 Å². The van der Waals surface area contributed by atoms with Gasteiger partial charge in [-0.05, 0) is 18.9 Å². The van der Waals surface area contributed by atoms with Crippen molar-refractivity contribution in [3.05, 3.63) is 47.0 Å². The van der Waals surface area contributed by atoms with Gasteiger partial charge in [-0.2, -0.15) is 0 Å². The molecule has 20 heavy (non-hydrogen) atoms. The summed E-state index contributed by atoms with van der Waals surface area (Å²) in [7, 11) is 0. The maximum atomic E-state index is 11.0. The first-order valence-electron chi connectivity index (χ1n) is 6.82. The number of nitrogens with zero attached hydrogens (tertiary/aromatic N) is 2. The molecule has 2 unspecified atom stereocenters. The van der Waals surface area contributed by atoms with E-state index in [9.17, 15) is 5.11 Å². The van der Waals surface area contributed by atoms with Gasteiger partial charge in [0.25, 0.3) is 0 Å². The molecule has 2 heterocycles. The highest BCUT2D eigenvalue weighted by molar-refractivity contribution is 7.15. The third-order valence-electron chi connectivity index (χ3n) is 4.20. The fourth-order valence-electron chi connectivity index (χ4n) is 2.87. The highest BCUT2D eigenvalue weighted by Gasteiger charge is 2.45. The topological polar surface area (TPSA) is 62.4 Å². The van der Waals surface area contributed by atoms with Gasteiger partial charge in [-0.25, -0.2) is 4.98 Å². The second-order valence-electron chi connectivity index (χ2n) is 5.37. The average Bonchev–Trinajstić information content (AvgIpc) is 3.00. The second kappa shape index (κ2) is 5.16. The maximum Gasteiger partial charge on any atom is 0.180 e. The van der Waals surface area contributed by atoms with Gasteiger partial charge < -0.3 is 10.8 Å². The summed E-state index contributed by atoms with van der Waals surface area (Å²) in [6, 6.07) is 10.4. The van der Waals surface area contributed by atoms with E-state index in [1.54, 1.807) is 6.20 Å². The number of likely N-dealkylation sites (tertiary alicyclic amines) is 1. The standard InChI is InChI=1S/C15H19N3OS/c1-11-15(19,13-9-17-14(16)20-13)7-8-18(11)10-12-5-3-2-4-6-12/h2-6,9,11,19H,7-8,10H2,1H3,(H2,16,17). The van der Waals surface area contributed by atoms with E-state index in [-0.39, 0.29) is 6.04 Å². The number of benzene rings is 1. The molecule has 5 heteroatoms. The fraction of sp³-hybridized carbons (Fsp3) is 0.400. The Morgan fingerprint density at radius 3 is 2.85 bits per heavy atom. The predicted octanol–water partition coefficient (Wildman–Crippen LogP) is 2.21. The molecular weight excluding hydrogens is 270 g/mol. The molecule has 1 aliphatic rings. The van der Waals surface area contributed by atoms with Crippen molar-refractivity contribution in [2.75, 3.05) is 12.3 Å². The molecule has 0 spiro atoms. The van der Waals surface area contributed by atoms with Crippen LogP contribution in [0.3, 0.4) is 0 Å². The van der Waals surface area contributed by atoms with Crippen LogP contribution in [0.1, 0.15) is 23.8 Å². The number of hydrogen-bond donors (Lipinski definition) is 2. The molecule has 2 atom stereocenters. The summed E-state index contributed by atoms with van der Waals surface area (Å²) in [6.45, 7) is 3.81. The monoisotopic (exact) mass is 289 g/mol. The number of aliphatic hydroxyl groups is 1. The highest BCUT2D eigenvalue weighted by Crippen LogP contribution is 2.41. The molecule has 0 saturated carbocycles. The van der Waals surface area contributed by atoms with Crippen molar-refractivity contribution in [3.8, 4) is 0 Å². The Bertz CT molecular complexity index is 586. The van der Waals surface area contributed by atoms with E-state index in [0.29, 0.717) is 5.13 Å². The summed E-state index contributed by atoms with van der Waals surface area (Å²) in [4.78, 5) is 7.25. The van der Waals surface area contributed by atoms with Crippen LogP contribution in [0.2, 0.25) is 0 Å². The molecule has 1 aromatic heterocycles. The lowest BCUT2D eigenvalue weighted by atomic mass is 9.94. The summed E-state index contributed by atoms with van der Waals surface area (Å²) < 4.78 is 0. The molecular formula is C15H19N3OS. The van der Waals surface area contributed by atoms with Gasteiger partial charge >= 0.3 is 0 Å². The molecule has 0 bridgehead atoms. The van der Waals surface area contributed by atoms with Crippen molar-refractivity contribution >= 4 is 16.5 Å². The van der Waals surface area contributed by atoms with Gasteiger partial charge in [0, 0.05) is 25.3 Å². The summed E-state index contributed by atoms with van der Waals surface area (Å²) in [5, 5.41) is 11.5. The van der Waals surface area contributed by atoms with Crippen LogP contribution in [-0.2, 0) is 12.1 Å². The van der Waals surface area contributed by atoms with Crippen molar-refractivity contribution < 1.29 is 5.11 Å². The largest absolute Gasteiger partial charge is 0.383 e. The summed E-state index contributed by atoms with van der Waals surface area (Å²) in [6.07, 6.45) is 2.44. The summed E-state index contributed by atoms with van der Waals surface area (Å²) >= 11 is 1.39. The lowest BCUT2D eigenvalue weighted by molar-refractivity contribution is 0.00787. The molecule has 3 N–H and O–H groups in total. The summed E-state index contributed by atoms with van der Waals surface area (Å²) in [5.41, 5.74) is 6.13. The molecule has 1 saturated heterocycles. The first-order chi connectivity index (χ1) is 9.59. The van der Waals surface area contributed by atoms with Crippen molar-refractivity contribution in [1.29, 1.82) is 0 Å². The normalized spacial score (nSPS) is 27.0. The zero-order valence-corrected chi connectivity index (χ0v) is 12.3. The summed E-state index contributed by atoms with van der Waals surface area (Å²) in [5.74, 6) is 0. The van der Waals surface area contributed by atoms with Crippen LogP contribution in [0.15, 0.2) is 36.5 Å². The average molecular weight is 289 g/mol. The van der Waals surface area contributed by atoms with E-state index < -0.39 is 5.60 Å². The number of anilines is 1. The molecule has 2 aromatic rings. The van der Waals surface area contributed by atoms with Gasteiger partial charge in [-0.15, -0.1) is 0 Å². The van der Waals surface area contributed by atoms with Crippen molar-refractivity contribution in [3.63, 3.8) is 0 Å². The zero-order chi connectivity index (χ0) is 14.2. The van der Waals surface area contributed by atoms with E-state index in [1.165, 1.54) is 16.9 Å². The molecule has 106 valence electrons. The Morgan fingerprint density at radius 1 is 1.45 bits per heavy atom. The van der Waals surface area contributed by atoms with E-state index >= 15 is 0 Å². The smallest absolute Gasteiger partial charge is 0.180 e. The zero-order valence-electron chi connectivity index (χ0n) is 11.5. The molecule has 1 aromatic carbocycles. The van der Waals surface area contributed by atoms with Gasteiger partial charge in [0.05, 0.1) is 4.88 Å². The van der Waals surface area contributed by atoms with Crippen LogP contribution >= 0.6 is 11.3 Å². The third-order valence-corrected chi connectivity index (χ3v) is 5.19. The SMILES string of the molecule is CC1N(Cc2ccccc2)CCC1(O)c1cnc(N)s1. The van der Waals surface area contributed by atoms with Gasteiger partial charge in [0.15, 0.2) is 5.13 Å². The number of aromatic nitrogens is 1. The Kier molecular flexibility index (Phi) is 3.50. The lowest BCUT2D eigenvalue weighted by Gasteiger charge is -2.30. The highest BCUT2D eigenvalue weighted by atomic mass is 32.1. The number of nitrogens with two attached hydrogens (primary N) is 1. The van der Waals surface area contributed by atoms with Gasteiger partial charge in [-0.3, -0.25) is 4.90 Å². The fourth-order valence-corrected chi connectivity index (χ4v) is 3.75. The number of thiazole rings is 1. The number of nitrogen functional groups attached to an aromatic ring is 1. The van der Waals surface area contributed by atoms with Crippen molar-refractivity contribution in [1.82, 2.24) is 9.88 Å². The minimum Gasteiger partial charge on any atom is -0.383 e. The predicted molar refractivity (Wildman–Crippen MR) is 81.4 cm³/mol. The minimum atomic E-state index is -0.829. The first-order valence-corrected chi connectivity index (χ1v) is 7.63. The van der Waals surface area contributed by atoms with Gasteiger partial charge in [-0.1, -0.05) is 41.7 Å². The van der Waals surface area contributed by atoms with Crippen LogP contribution in [0.5, 0.6) is 0 Å². The van der Waals surface area contributed by atoms with Crippen LogP contribution in [0, 0.1) is 0 Å². The Morgan fingerprint density at radius 2 is 2.20 bits per heavy atom. The Hall–Kier alpha value is -1.43. The molecule has 1 fully saturated rings. The Balaban J connectivity index is 1.78. The molecule has 0 amide bonds. The lowest BCUT2D eigenvalue weighted by Crippen LogP contribution is -2.39. The molecule has 3 rings (SSSR count). The van der Waals surface area contributed by atoms with E-state index in [2.05, 4.69) is 28.9 Å². The van der Waals surface area contributed by atoms with Crippen molar-refractivity contribution in [2.24, 2.45) is 0 Å². The van der Waals surface area contributed by atoms with E-state index in [0.717, 1.165) is 24.4 Å². The number of rotatable bonds is 3. The maximum absolute atomic E-state index is 11.0.